The Bertz CT molecular complexity index is 602. The Morgan fingerprint density at radius 3 is 2.70 bits per heavy atom. The number of rotatable bonds is 0. The van der Waals surface area contributed by atoms with Crippen LogP contribution < -0.4 is 10.6 Å². The summed E-state index contributed by atoms with van der Waals surface area (Å²) in [6.07, 6.45) is 1.32. The fourth-order valence-electron chi connectivity index (χ4n) is 3.23. The van der Waals surface area contributed by atoms with Crippen LogP contribution in [0, 0.1) is 12.3 Å². The maximum absolute atomic E-state index is 10.4. The number of anilines is 2. The van der Waals surface area contributed by atoms with Crippen LogP contribution >= 0.6 is 0 Å². The van der Waals surface area contributed by atoms with Gasteiger partial charge >= 0.3 is 0 Å². The molecule has 3 unspecified atom stereocenters. The predicted octanol–water partition coefficient (Wildman–Crippen LogP) is 1.86. The first kappa shape index (κ1) is 17.5. The molecule has 2 aliphatic heterocycles. The van der Waals surface area contributed by atoms with Gasteiger partial charge in [0.25, 0.3) is 0 Å². The Labute approximate surface area is 137 Å². The van der Waals surface area contributed by atoms with Crippen LogP contribution in [0.1, 0.15) is 51.9 Å². The van der Waals surface area contributed by atoms with E-state index in [1.54, 1.807) is 6.92 Å². The number of piperidine rings is 1. The van der Waals surface area contributed by atoms with Crippen molar-refractivity contribution >= 4 is 17.5 Å². The van der Waals surface area contributed by atoms with E-state index in [1.807, 2.05) is 32.6 Å². The van der Waals surface area contributed by atoms with Crippen LogP contribution in [-0.2, 0) is 4.74 Å². The van der Waals surface area contributed by atoms with Gasteiger partial charge in [0.15, 0.2) is 0 Å². The highest BCUT2D eigenvalue weighted by Gasteiger charge is 2.42. The van der Waals surface area contributed by atoms with Crippen molar-refractivity contribution in [3.05, 3.63) is 11.4 Å². The fraction of sp³-hybridized carbons (Fsp3) is 0.688. The first-order valence-electron chi connectivity index (χ1n) is 8.17. The number of nitrogens with one attached hydrogen (secondary N) is 1. The third kappa shape index (κ3) is 3.24. The number of aliphatic hydroxyl groups is 1. The Balaban J connectivity index is 0.000000924. The van der Waals surface area contributed by atoms with Crippen molar-refractivity contribution in [2.45, 2.75) is 65.2 Å². The second kappa shape index (κ2) is 6.31. The summed E-state index contributed by atoms with van der Waals surface area (Å²) in [5, 5.41) is 18.5. The van der Waals surface area contributed by atoms with E-state index in [9.17, 15) is 5.11 Å². The maximum atomic E-state index is 10.4. The first-order chi connectivity index (χ1) is 10.8. The summed E-state index contributed by atoms with van der Waals surface area (Å²) >= 11 is 0. The molecule has 3 atom stereocenters. The average Bonchev–Trinajstić information content (AvgIpc) is 2.55. The van der Waals surface area contributed by atoms with Crippen LogP contribution in [0.25, 0.3) is 0 Å². The minimum Gasteiger partial charge on any atom is -0.472 e. The second-order valence-corrected chi connectivity index (χ2v) is 6.24. The van der Waals surface area contributed by atoms with Crippen LogP contribution in [0.4, 0.5) is 11.6 Å². The van der Waals surface area contributed by atoms with Gasteiger partial charge in [0.2, 0.25) is 5.90 Å². The molecular weight excluding hydrogens is 294 g/mol. The lowest BCUT2D eigenvalue weighted by Crippen LogP contribution is -2.55. The zero-order valence-electron chi connectivity index (χ0n) is 14.6. The normalized spacial score (nSPS) is 29.5. The van der Waals surface area contributed by atoms with Gasteiger partial charge in [0, 0.05) is 6.54 Å². The molecule has 1 saturated heterocycles. The van der Waals surface area contributed by atoms with Crippen molar-refractivity contribution in [1.82, 2.24) is 9.97 Å². The van der Waals surface area contributed by atoms with Crippen LogP contribution in [0.3, 0.4) is 0 Å². The van der Waals surface area contributed by atoms with Crippen LogP contribution in [-0.4, -0.2) is 45.3 Å². The highest BCUT2D eigenvalue weighted by Crippen LogP contribution is 2.37. The molecule has 0 amide bonds. The molecule has 128 valence electrons. The van der Waals surface area contributed by atoms with Crippen molar-refractivity contribution in [2.75, 3.05) is 17.2 Å². The van der Waals surface area contributed by atoms with Gasteiger partial charge in [-0.3, -0.25) is 5.41 Å². The summed E-state index contributed by atoms with van der Waals surface area (Å²) in [7, 11) is 0. The Morgan fingerprint density at radius 2 is 2.04 bits per heavy atom. The SMILES string of the molecule is CC.Cc1nc(N)c2c(n1)N1CC(C)(O)CCC1C(C)OC2=N. The molecule has 2 aliphatic rings. The average molecular weight is 321 g/mol. The Morgan fingerprint density at radius 1 is 1.39 bits per heavy atom. The largest absolute Gasteiger partial charge is 0.472 e. The number of aromatic nitrogens is 2. The van der Waals surface area contributed by atoms with Crippen LogP contribution in [0.2, 0.25) is 0 Å². The van der Waals surface area contributed by atoms with Crippen LogP contribution in [0.5, 0.6) is 0 Å². The second-order valence-electron chi connectivity index (χ2n) is 6.24. The molecule has 3 rings (SSSR count). The summed E-state index contributed by atoms with van der Waals surface area (Å²) in [4.78, 5) is 10.6. The lowest BCUT2D eigenvalue weighted by molar-refractivity contribution is 0.0233. The van der Waals surface area contributed by atoms with Gasteiger partial charge in [0.1, 0.15) is 29.1 Å². The van der Waals surface area contributed by atoms with E-state index in [4.69, 9.17) is 15.9 Å². The first-order valence-corrected chi connectivity index (χ1v) is 8.17. The van der Waals surface area contributed by atoms with E-state index in [1.165, 1.54) is 0 Å². The smallest absolute Gasteiger partial charge is 0.221 e. The minimum atomic E-state index is -0.784. The number of hydrogen-bond donors (Lipinski definition) is 3. The highest BCUT2D eigenvalue weighted by atomic mass is 16.5. The molecule has 0 spiro atoms. The maximum Gasteiger partial charge on any atom is 0.221 e. The van der Waals surface area contributed by atoms with Gasteiger partial charge < -0.3 is 20.5 Å². The van der Waals surface area contributed by atoms with E-state index in [0.717, 1.165) is 6.42 Å². The van der Waals surface area contributed by atoms with Crippen molar-refractivity contribution in [3.8, 4) is 0 Å². The van der Waals surface area contributed by atoms with E-state index in [-0.39, 0.29) is 23.9 Å². The van der Waals surface area contributed by atoms with E-state index >= 15 is 0 Å². The molecule has 0 bridgehead atoms. The molecule has 1 aromatic heterocycles. The van der Waals surface area contributed by atoms with Gasteiger partial charge in [-0.05, 0) is 33.6 Å². The third-order valence-electron chi connectivity index (χ3n) is 4.26. The zero-order chi connectivity index (χ0) is 17.4. The molecule has 0 saturated carbocycles. The molecule has 4 N–H and O–H groups in total. The van der Waals surface area contributed by atoms with E-state index < -0.39 is 5.60 Å². The van der Waals surface area contributed by atoms with Crippen molar-refractivity contribution < 1.29 is 9.84 Å². The number of nitrogen functional groups attached to an aromatic ring is 1. The van der Waals surface area contributed by atoms with Crippen molar-refractivity contribution in [1.29, 1.82) is 5.41 Å². The summed E-state index contributed by atoms with van der Waals surface area (Å²) in [6, 6.07) is 0.0699. The molecular formula is C16H27N5O2. The molecule has 1 fully saturated rings. The van der Waals surface area contributed by atoms with Gasteiger partial charge in [-0.15, -0.1) is 0 Å². The Kier molecular flexibility index (Phi) is 4.79. The topological polar surface area (TPSA) is 108 Å². The summed E-state index contributed by atoms with van der Waals surface area (Å²) in [5.74, 6) is 1.40. The van der Waals surface area contributed by atoms with Crippen molar-refractivity contribution in [3.63, 3.8) is 0 Å². The number of nitrogens with two attached hydrogens (primary N) is 1. The summed E-state index contributed by atoms with van der Waals surface area (Å²) in [5.41, 5.74) is 5.62. The number of hydrogen-bond acceptors (Lipinski definition) is 7. The number of aryl methyl sites for hydroxylation is 1. The predicted molar refractivity (Wildman–Crippen MR) is 90.9 cm³/mol. The molecule has 0 aromatic carbocycles. The monoisotopic (exact) mass is 321 g/mol. The Hall–Kier alpha value is -1.89. The van der Waals surface area contributed by atoms with E-state index in [0.29, 0.717) is 30.2 Å². The standard InChI is InChI=1S/C14H21N5O2.C2H6/c1-7-9-4-5-14(3,20)6-19(9)13-10(12(16)21-7)11(15)17-8(2)18-13;1-2/h7,9,16,20H,4-6H2,1-3H3,(H2,15,17,18);1-2H3. The fourth-order valence-corrected chi connectivity index (χ4v) is 3.23. The van der Waals surface area contributed by atoms with E-state index in [2.05, 4.69) is 9.97 Å². The molecule has 3 heterocycles. The number of fused-ring (bicyclic) bond motifs is 3. The third-order valence-corrected chi connectivity index (χ3v) is 4.26. The molecule has 0 radical (unpaired) electrons. The molecule has 7 heteroatoms. The lowest BCUT2D eigenvalue weighted by Gasteiger charge is -2.44. The van der Waals surface area contributed by atoms with Crippen LogP contribution in [0.15, 0.2) is 0 Å². The van der Waals surface area contributed by atoms with Gasteiger partial charge in [-0.25, -0.2) is 9.97 Å². The molecule has 1 aromatic rings. The summed E-state index contributed by atoms with van der Waals surface area (Å²) < 4.78 is 5.70. The number of ether oxygens (including phenoxy) is 1. The lowest BCUT2D eigenvalue weighted by atomic mass is 9.88. The number of nitrogens with zero attached hydrogens (tertiary/aromatic N) is 3. The van der Waals surface area contributed by atoms with Gasteiger partial charge in [0.05, 0.1) is 11.6 Å². The molecule has 0 aliphatic carbocycles. The highest BCUT2D eigenvalue weighted by molar-refractivity contribution is 6.01. The van der Waals surface area contributed by atoms with Gasteiger partial charge in [-0.2, -0.15) is 0 Å². The minimum absolute atomic E-state index is 0.00374. The zero-order valence-corrected chi connectivity index (χ0v) is 14.6. The van der Waals surface area contributed by atoms with Crippen molar-refractivity contribution in [2.24, 2.45) is 0 Å². The van der Waals surface area contributed by atoms with Gasteiger partial charge in [-0.1, -0.05) is 13.8 Å². The quantitative estimate of drug-likeness (QED) is 0.673. The molecule has 7 nitrogen and oxygen atoms in total. The molecule has 23 heavy (non-hydrogen) atoms. The summed E-state index contributed by atoms with van der Waals surface area (Å²) in [6.45, 7) is 9.98.